The molecule has 0 heterocycles. The monoisotopic (exact) mass is 432 g/mol. The van der Waals surface area contributed by atoms with Gasteiger partial charge < -0.3 is 15.0 Å². The van der Waals surface area contributed by atoms with Crippen LogP contribution in [0.4, 0.5) is 0 Å². The molecule has 0 aliphatic rings. The Balaban J connectivity index is 1.81. The first-order valence-corrected chi connectivity index (χ1v) is 11.3. The average molecular weight is 433 g/mol. The maximum absolute atomic E-state index is 13.3. The highest BCUT2D eigenvalue weighted by molar-refractivity contribution is 5.90. The van der Waals surface area contributed by atoms with Crippen molar-refractivity contribution >= 4 is 22.6 Å². The van der Waals surface area contributed by atoms with E-state index in [9.17, 15) is 9.59 Å². The molecule has 0 aromatic heterocycles. The van der Waals surface area contributed by atoms with Gasteiger partial charge in [-0.05, 0) is 36.8 Å². The fraction of sp³-hybridized carbons (Fsp3) is 0.333. The molecule has 0 radical (unpaired) electrons. The van der Waals surface area contributed by atoms with Gasteiger partial charge >= 0.3 is 0 Å². The molecule has 0 aliphatic carbocycles. The maximum Gasteiger partial charge on any atom is 0.261 e. The summed E-state index contributed by atoms with van der Waals surface area (Å²) in [6.07, 6.45) is 1.37. The smallest absolute Gasteiger partial charge is 0.261 e. The van der Waals surface area contributed by atoms with Gasteiger partial charge in [0.15, 0.2) is 6.61 Å². The highest BCUT2D eigenvalue weighted by Crippen LogP contribution is 2.25. The number of fused-ring (bicyclic) bond motifs is 1. The fourth-order valence-corrected chi connectivity index (χ4v) is 3.72. The molecule has 1 unspecified atom stereocenters. The number of nitrogens with zero attached hydrogens (tertiary/aromatic N) is 1. The predicted molar refractivity (Wildman–Crippen MR) is 129 cm³/mol. The van der Waals surface area contributed by atoms with Crippen LogP contribution < -0.4 is 10.1 Å². The van der Waals surface area contributed by atoms with Gasteiger partial charge in [0.1, 0.15) is 11.8 Å². The number of nitrogens with one attached hydrogen (secondary N) is 1. The van der Waals surface area contributed by atoms with Crippen molar-refractivity contribution in [2.24, 2.45) is 0 Å². The molecule has 0 saturated carbocycles. The minimum atomic E-state index is -0.550. The largest absolute Gasteiger partial charge is 0.483 e. The van der Waals surface area contributed by atoms with Crippen molar-refractivity contribution in [3.63, 3.8) is 0 Å². The summed E-state index contributed by atoms with van der Waals surface area (Å²) in [5.41, 5.74) is 2.13. The van der Waals surface area contributed by atoms with E-state index in [-0.39, 0.29) is 18.4 Å². The summed E-state index contributed by atoms with van der Waals surface area (Å²) in [5.74, 6) is 0.326. The van der Waals surface area contributed by atoms with Gasteiger partial charge in [-0.25, -0.2) is 0 Å². The zero-order valence-corrected chi connectivity index (χ0v) is 19.1. The molecule has 5 nitrogen and oxygen atoms in total. The van der Waals surface area contributed by atoms with Gasteiger partial charge in [-0.3, -0.25) is 9.59 Å². The van der Waals surface area contributed by atoms with Crippen LogP contribution >= 0.6 is 0 Å². The number of hydrogen-bond donors (Lipinski definition) is 1. The Morgan fingerprint density at radius 1 is 0.969 bits per heavy atom. The Kier molecular flexibility index (Phi) is 8.26. The molecular formula is C27H32N2O3. The molecule has 0 spiro atoms. The molecule has 0 bridgehead atoms. The zero-order chi connectivity index (χ0) is 22.9. The summed E-state index contributed by atoms with van der Waals surface area (Å²) in [4.78, 5) is 27.8. The standard InChI is InChI=1S/C27H32N2O3/c1-4-17-28-27(31)24(5-2)29(18-21-15-13-20(3)14-16-21)26(30)19-32-25-12-8-10-22-9-6-7-11-23(22)25/h6-16,24H,4-5,17-19H2,1-3H3,(H,28,31). The third-order valence-electron chi connectivity index (χ3n) is 5.51. The third-order valence-corrected chi connectivity index (χ3v) is 5.51. The van der Waals surface area contributed by atoms with Crippen LogP contribution in [0.25, 0.3) is 10.8 Å². The molecule has 3 aromatic rings. The Hall–Kier alpha value is -3.34. The second-order valence-electron chi connectivity index (χ2n) is 7.99. The first kappa shape index (κ1) is 23.3. The van der Waals surface area contributed by atoms with E-state index >= 15 is 0 Å². The second kappa shape index (κ2) is 11.3. The van der Waals surface area contributed by atoms with Gasteiger partial charge in [0, 0.05) is 18.5 Å². The fourth-order valence-electron chi connectivity index (χ4n) is 3.72. The number of rotatable bonds is 10. The van der Waals surface area contributed by atoms with E-state index in [1.807, 2.05) is 87.5 Å². The molecule has 3 rings (SSSR count). The van der Waals surface area contributed by atoms with Crippen LogP contribution in [0, 0.1) is 6.92 Å². The van der Waals surface area contributed by atoms with Crippen LogP contribution in [0.2, 0.25) is 0 Å². The predicted octanol–water partition coefficient (Wildman–Crippen LogP) is 4.86. The molecule has 1 atom stereocenters. The van der Waals surface area contributed by atoms with Crippen molar-refractivity contribution in [2.45, 2.75) is 46.2 Å². The summed E-state index contributed by atoms with van der Waals surface area (Å²) < 4.78 is 5.95. The van der Waals surface area contributed by atoms with Gasteiger partial charge in [-0.15, -0.1) is 0 Å². The zero-order valence-electron chi connectivity index (χ0n) is 19.1. The third kappa shape index (κ3) is 5.88. The minimum Gasteiger partial charge on any atom is -0.483 e. The van der Waals surface area contributed by atoms with Gasteiger partial charge in [0.2, 0.25) is 5.91 Å². The molecule has 3 aromatic carbocycles. The van der Waals surface area contributed by atoms with Crippen molar-refractivity contribution in [2.75, 3.05) is 13.2 Å². The molecular weight excluding hydrogens is 400 g/mol. The van der Waals surface area contributed by atoms with E-state index in [1.165, 1.54) is 0 Å². The van der Waals surface area contributed by atoms with E-state index < -0.39 is 6.04 Å². The van der Waals surface area contributed by atoms with E-state index in [2.05, 4.69) is 5.32 Å². The topological polar surface area (TPSA) is 58.6 Å². The number of carbonyl (C=O) groups excluding carboxylic acids is 2. The average Bonchev–Trinajstić information content (AvgIpc) is 2.82. The quantitative estimate of drug-likeness (QED) is 0.498. The lowest BCUT2D eigenvalue weighted by Gasteiger charge is -2.30. The summed E-state index contributed by atoms with van der Waals surface area (Å²) in [7, 11) is 0. The number of amides is 2. The van der Waals surface area contributed by atoms with Crippen LogP contribution in [0.15, 0.2) is 66.7 Å². The van der Waals surface area contributed by atoms with E-state index in [4.69, 9.17) is 4.74 Å². The SMILES string of the molecule is CCCNC(=O)C(CC)N(Cc1ccc(C)cc1)C(=O)COc1cccc2ccccc12. The molecule has 5 heteroatoms. The molecule has 0 aliphatic heterocycles. The first-order chi connectivity index (χ1) is 15.5. The number of ether oxygens (including phenoxy) is 1. The second-order valence-corrected chi connectivity index (χ2v) is 7.99. The molecule has 0 saturated heterocycles. The van der Waals surface area contributed by atoms with Crippen molar-refractivity contribution in [3.05, 3.63) is 77.9 Å². The van der Waals surface area contributed by atoms with Crippen molar-refractivity contribution < 1.29 is 14.3 Å². The van der Waals surface area contributed by atoms with E-state index in [0.717, 1.165) is 28.3 Å². The normalized spacial score (nSPS) is 11.7. The van der Waals surface area contributed by atoms with Gasteiger partial charge in [0.25, 0.3) is 5.91 Å². The van der Waals surface area contributed by atoms with E-state index in [1.54, 1.807) is 4.90 Å². The lowest BCUT2D eigenvalue weighted by Crippen LogP contribution is -2.50. The van der Waals surface area contributed by atoms with Crippen LogP contribution in [0.1, 0.15) is 37.8 Å². The highest BCUT2D eigenvalue weighted by atomic mass is 16.5. The molecule has 2 amide bonds. The maximum atomic E-state index is 13.3. The summed E-state index contributed by atoms with van der Waals surface area (Å²) in [6, 6.07) is 21.2. The number of hydrogen-bond acceptors (Lipinski definition) is 3. The lowest BCUT2D eigenvalue weighted by molar-refractivity contribution is -0.142. The highest BCUT2D eigenvalue weighted by Gasteiger charge is 2.28. The van der Waals surface area contributed by atoms with Crippen molar-refractivity contribution in [1.29, 1.82) is 0 Å². The van der Waals surface area contributed by atoms with Gasteiger partial charge in [-0.2, -0.15) is 0 Å². The Labute approximate surface area is 190 Å². The molecule has 32 heavy (non-hydrogen) atoms. The van der Waals surface area contributed by atoms with Crippen LogP contribution in [-0.4, -0.2) is 35.9 Å². The number of aryl methyl sites for hydroxylation is 1. The Morgan fingerprint density at radius 2 is 1.69 bits per heavy atom. The van der Waals surface area contributed by atoms with Crippen LogP contribution in [0.3, 0.4) is 0 Å². The summed E-state index contributed by atoms with van der Waals surface area (Å²) in [5, 5.41) is 4.95. The van der Waals surface area contributed by atoms with E-state index in [0.29, 0.717) is 25.3 Å². The first-order valence-electron chi connectivity index (χ1n) is 11.3. The van der Waals surface area contributed by atoms with Crippen LogP contribution in [-0.2, 0) is 16.1 Å². The Bertz CT molecular complexity index is 1040. The van der Waals surface area contributed by atoms with Crippen LogP contribution in [0.5, 0.6) is 5.75 Å². The van der Waals surface area contributed by atoms with Gasteiger partial charge in [0.05, 0.1) is 0 Å². The molecule has 0 fully saturated rings. The lowest BCUT2D eigenvalue weighted by atomic mass is 10.1. The van der Waals surface area contributed by atoms with Crippen molar-refractivity contribution in [3.8, 4) is 5.75 Å². The number of benzene rings is 3. The molecule has 1 N–H and O–H groups in total. The van der Waals surface area contributed by atoms with Gasteiger partial charge in [-0.1, -0.05) is 80.1 Å². The number of carbonyl (C=O) groups is 2. The molecule has 168 valence electrons. The Morgan fingerprint density at radius 3 is 2.41 bits per heavy atom. The minimum absolute atomic E-state index is 0.125. The summed E-state index contributed by atoms with van der Waals surface area (Å²) in [6.45, 7) is 6.78. The van der Waals surface area contributed by atoms with Crippen molar-refractivity contribution in [1.82, 2.24) is 10.2 Å². The summed E-state index contributed by atoms with van der Waals surface area (Å²) >= 11 is 0.